The van der Waals surface area contributed by atoms with E-state index in [0.717, 1.165) is 30.2 Å². The molecule has 0 atom stereocenters. The Bertz CT molecular complexity index is 831. The molecule has 1 saturated heterocycles. The summed E-state index contributed by atoms with van der Waals surface area (Å²) in [5, 5.41) is 2.78. The maximum Gasteiger partial charge on any atom is 0.249 e. The zero-order valence-electron chi connectivity index (χ0n) is 14.4. The topological polar surface area (TPSA) is 76.6 Å². The molecule has 1 fully saturated rings. The minimum absolute atomic E-state index is 0.232. The Kier molecular flexibility index (Phi) is 4.68. The molecule has 7 heteroatoms. The summed E-state index contributed by atoms with van der Waals surface area (Å²) in [6.45, 7) is 2.22. The van der Waals surface area contributed by atoms with E-state index in [1.165, 1.54) is 31.7 Å². The van der Waals surface area contributed by atoms with Crippen LogP contribution in [0.3, 0.4) is 0 Å². The van der Waals surface area contributed by atoms with Gasteiger partial charge in [0.15, 0.2) is 11.5 Å². The molecule has 7 nitrogen and oxygen atoms in total. The second-order valence-corrected chi connectivity index (χ2v) is 6.24. The van der Waals surface area contributed by atoms with Gasteiger partial charge in [0.25, 0.3) is 0 Å². The number of anilines is 2. The van der Waals surface area contributed by atoms with Gasteiger partial charge in [-0.15, -0.1) is 0 Å². The smallest absolute Gasteiger partial charge is 0.249 e. The van der Waals surface area contributed by atoms with Crippen LogP contribution >= 0.6 is 0 Å². The van der Waals surface area contributed by atoms with Crippen LogP contribution in [0, 0.1) is 0 Å². The first kappa shape index (κ1) is 16.4. The van der Waals surface area contributed by atoms with E-state index in [1.807, 2.05) is 24.3 Å². The minimum atomic E-state index is -0.244. The van der Waals surface area contributed by atoms with Gasteiger partial charge in [-0.25, -0.2) is 9.97 Å². The maximum absolute atomic E-state index is 12.2. The predicted molar refractivity (Wildman–Crippen MR) is 98.3 cm³/mol. The number of amides is 1. The summed E-state index contributed by atoms with van der Waals surface area (Å²) in [6.07, 6.45) is 8.29. The highest BCUT2D eigenvalue weighted by Gasteiger charge is 2.14. The number of hydrogen-bond acceptors (Lipinski definition) is 6. The molecule has 0 radical (unpaired) electrons. The Morgan fingerprint density at radius 1 is 1.08 bits per heavy atom. The van der Waals surface area contributed by atoms with E-state index in [-0.39, 0.29) is 12.7 Å². The van der Waals surface area contributed by atoms with Crippen molar-refractivity contribution in [1.29, 1.82) is 0 Å². The van der Waals surface area contributed by atoms with Crippen LogP contribution in [-0.2, 0) is 4.79 Å². The molecule has 3 heterocycles. The molecule has 26 heavy (non-hydrogen) atoms. The number of nitrogens with zero attached hydrogens (tertiary/aromatic N) is 3. The number of rotatable bonds is 4. The average molecular weight is 352 g/mol. The van der Waals surface area contributed by atoms with Crippen molar-refractivity contribution in [2.75, 3.05) is 30.1 Å². The van der Waals surface area contributed by atoms with Gasteiger partial charge in [0.05, 0.1) is 0 Å². The quantitative estimate of drug-likeness (QED) is 0.853. The summed E-state index contributed by atoms with van der Waals surface area (Å²) >= 11 is 0. The van der Waals surface area contributed by atoms with Crippen molar-refractivity contribution < 1.29 is 14.3 Å². The third kappa shape index (κ3) is 3.77. The van der Waals surface area contributed by atoms with Gasteiger partial charge in [0.2, 0.25) is 12.7 Å². The van der Waals surface area contributed by atoms with Gasteiger partial charge in [0, 0.05) is 25.2 Å². The Labute approximate surface area is 151 Å². The number of nitrogens with one attached hydrogen (secondary N) is 1. The van der Waals surface area contributed by atoms with E-state index in [1.54, 1.807) is 6.08 Å². The molecule has 0 bridgehead atoms. The molecule has 4 rings (SSSR count). The standard InChI is InChI=1S/C19H20N4O3/c24-19(7-5-14-4-6-15-16(10-14)26-13-25-15)22-17-11-18(21-12-20-17)23-8-2-1-3-9-23/h4-7,10-12H,1-3,8-9,13H2,(H,20,21,22,24)/b7-5+. The Morgan fingerprint density at radius 2 is 1.92 bits per heavy atom. The number of carbonyl (C=O) groups is 1. The van der Waals surface area contributed by atoms with Gasteiger partial charge < -0.3 is 19.7 Å². The molecule has 1 aromatic heterocycles. The highest BCUT2D eigenvalue weighted by Crippen LogP contribution is 2.32. The van der Waals surface area contributed by atoms with Crippen LogP contribution in [0.4, 0.5) is 11.6 Å². The lowest BCUT2D eigenvalue weighted by atomic mass is 10.1. The van der Waals surface area contributed by atoms with Crippen molar-refractivity contribution in [3.05, 3.63) is 42.2 Å². The molecule has 2 aliphatic heterocycles. The second kappa shape index (κ2) is 7.43. The number of hydrogen-bond donors (Lipinski definition) is 1. The van der Waals surface area contributed by atoms with Crippen LogP contribution < -0.4 is 19.7 Å². The molecule has 0 unspecified atom stereocenters. The molecule has 1 N–H and O–H groups in total. The van der Waals surface area contributed by atoms with Crippen LogP contribution in [0.1, 0.15) is 24.8 Å². The van der Waals surface area contributed by atoms with E-state index in [0.29, 0.717) is 11.6 Å². The molecule has 2 aliphatic rings. The third-order valence-electron chi connectivity index (χ3n) is 4.41. The first-order valence-electron chi connectivity index (χ1n) is 8.74. The summed E-state index contributed by atoms with van der Waals surface area (Å²) in [4.78, 5) is 22.9. The van der Waals surface area contributed by atoms with Gasteiger partial charge >= 0.3 is 0 Å². The monoisotopic (exact) mass is 352 g/mol. The molecule has 1 amide bonds. The van der Waals surface area contributed by atoms with Crippen molar-refractivity contribution >= 4 is 23.6 Å². The number of aromatic nitrogens is 2. The van der Waals surface area contributed by atoms with E-state index in [2.05, 4.69) is 20.2 Å². The zero-order valence-corrected chi connectivity index (χ0v) is 14.4. The lowest BCUT2D eigenvalue weighted by Gasteiger charge is -2.27. The number of benzene rings is 1. The number of piperidine rings is 1. The van der Waals surface area contributed by atoms with Gasteiger partial charge in [0.1, 0.15) is 18.0 Å². The minimum Gasteiger partial charge on any atom is -0.454 e. The Hall–Kier alpha value is -3.09. The molecule has 0 spiro atoms. The fraction of sp³-hybridized carbons (Fsp3) is 0.316. The second-order valence-electron chi connectivity index (χ2n) is 6.24. The lowest BCUT2D eigenvalue weighted by Crippen LogP contribution is -2.30. The van der Waals surface area contributed by atoms with Crippen molar-refractivity contribution in [1.82, 2.24) is 9.97 Å². The normalized spacial score (nSPS) is 16.1. The predicted octanol–water partition coefficient (Wildman–Crippen LogP) is 2.85. The summed E-state index contributed by atoms with van der Waals surface area (Å²) in [5.41, 5.74) is 0.862. The fourth-order valence-corrected chi connectivity index (χ4v) is 3.07. The Balaban J connectivity index is 1.40. The molecular formula is C19H20N4O3. The van der Waals surface area contributed by atoms with Crippen molar-refractivity contribution in [2.45, 2.75) is 19.3 Å². The fourth-order valence-electron chi connectivity index (χ4n) is 3.07. The van der Waals surface area contributed by atoms with E-state index in [4.69, 9.17) is 9.47 Å². The van der Waals surface area contributed by atoms with Gasteiger partial charge in [-0.3, -0.25) is 4.79 Å². The number of ether oxygens (including phenoxy) is 2. The first-order chi connectivity index (χ1) is 12.8. The number of fused-ring (bicyclic) bond motifs is 1. The first-order valence-corrected chi connectivity index (χ1v) is 8.74. The summed E-state index contributed by atoms with van der Waals surface area (Å²) in [7, 11) is 0. The van der Waals surface area contributed by atoms with Crippen LogP contribution in [0.5, 0.6) is 11.5 Å². The summed E-state index contributed by atoms with van der Waals surface area (Å²) < 4.78 is 10.6. The molecule has 2 aromatic rings. The van der Waals surface area contributed by atoms with Crippen LogP contribution in [0.2, 0.25) is 0 Å². The highest BCUT2D eigenvalue weighted by atomic mass is 16.7. The van der Waals surface area contributed by atoms with Crippen molar-refractivity contribution in [3.63, 3.8) is 0 Å². The van der Waals surface area contributed by atoms with Crippen LogP contribution in [0.25, 0.3) is 6.08 Å². The lowest BCUT2D eigenvalue weighted by molar-refractivity contribution is -0.111. The maximum atomic E-state index is 12.2. The van der Waals surface area contributed by atoms with Crippen LogP contribution in [0.15, 0.2) is 36.7 Å². The zero-order chi connectivity index (χ0) is 17.8. The molecule has 0 saturated carbocycles. The van der Waals surface area contributed by atoms with E-state index in [9.17, 15) is 4.79 Å². The van der Waals surface area contributed by atoms with Gasteiger partial charge in [-0.2, -0.15) is 0 Å². The number of carbonyl (C=O) groups excluding carboxylic acids is 1. The van der Waals surface area contributed by atoms with E-state index < -0.39 is 0 Å². The van der Waals surface area contributed by atoms with Crippen LogP contribution in [-0.4, -0.2) is 35.8 Å². The third-order valence-corrected chi connectivity index (χ3v) is 4.41. The summed E-state index contributed by atoms with van der Waals surface area (Å²) in [6, 6.07) is 7.36. The molecule has 134 valence electrons. The average Bonchev–Trinajstić information content (AvgIpc) is 3.15. The van der Waals surface area contributed by atoms with Crippen molar-refractivity contribution in [3.8, 4) is 11.5 Å². The largest absolute Gasteiger partial charge is 0.454 e. The molecule has 0 aliphatic carbocycles. The van der Waals surface area contributed by atoms with E-state index >= 15 is 0 Å². The van der Waals surface area contributed by atoms with Gasteiger partial charge in [-0.05, 0) is 43.0 Å². The highest BCUT2D eigenvalue weighted by molar-refractivity contribution is 6.01. The summed E-state index contributed by atoms with van der Waals surface area (Å²) in [5.74, 6) is 2.52. The molecular weight excluding hydrogens is 332 g/mol. The SMILES string of the molecule is O=C(/C=C/c1ccc2c(c1)OCO2)Nc1cc(N2CCCCC2)ncn1. The van der Waals surface area contributed by atoms with Crippen molar-refractivity contribution in [2.24, 2.45) is 0 Å². The van der Waals surface area contributed by atoms with Gasteiger partial charge in [-0.1, -0.05) is 6.07 Å². The Morgan fingerprint density at radius 3 is 2.81 bits per heavy atom. The molecule has 1 aromatic carbocycles.